The first-order valence-corrected chi connectivity index (χ1v) is 7.55. The van der Waals surface area contributed by atoms with Gasteiger partial charge in [-0.05, 0) is 31.6 Å². The first kappa shape index (κ1) is 14.3. The van der Waals surface area contributed by atoms with E-state index in [1.807, 2.05) is 25.1 Å². The molecule has 2 N–H and O–H groups in total. The predicted molar refractivity (Wildman–Crippen MR) is 84.4 cm³/mol. The fourth-order valence-corrected chi connectivity index (χ4v) is 3.09. The van der Waals surface area contributed by atoms with Crippen LogP contribution in [0.1, 0.15) is 31.7 Å². The highest BCUT2D eigenvalue weighted by Crippen LogP contribution is 2.30. The van der Waals surface area contributed by atoms with Crippen LogP contribution < -0.4 is 4.90 Å². The Morgan fingerprint density at radius 3 is 2.71 bits per heavy atom. The number of benzene rings is 1. The molecular formula is C17H22N2O2. The van der Waals surface area contributed by atoms with E-state index in [4.69, 9.17) is 0 Å². The van der Waals surface area contributed by atoms with Crippen molar-refractivity contribution in [2.75, 3.05) is 18.0 Å². The van der Waals surface area contributed by atoms with Gasteiger partial charge in [-0.15, -0.1) is 0 Å². The maximum absolute atomic E-state index is 10.2. The monoisotopic (exact) mass is 286 g/mol. The van der Waals surface area contributed by atoms with Crippen molar-refractivity contribution < 1.29 is 10.2 Å². The van der Waals surface area contributed by atoms with Crippen molar-refractivity contribution in [3.8, 4) is 0 Å². The third kappa shape index (κ3) is 2.87. The molecule has 0 amide bonds. The van der Waals surface area contributed by atoms with Crippen LogP contribution in [0.5, 0.6) is 0 Å². The van der Waals surface area contributed by atoms with Crippen LogP contribution in [0.4, 0.5) is 5.82 Å². The van der Waals surface area contributed by atoms with Crippen LogP contribution in [0.15, 0.2) is 30.5 Å². The van der Waals surface area contributed by atoms with E-state index >= 15 is 0 Å². The van der Waals surface area contributed by atoms with E-state index in [1.165, 1.54) is 0 Å². The lowest BCUT2D eigenvalue weighted by Crippen LogP contribution is -2.29. The molecule has 0 saturated carbocycles. The van der Waals surface area contributed by atoms with E-state index in [1.54, 1.807) is 6.20 Å². The first-order valence-electron chi connectivity index (χ1n) is 7.55. The highest BCUT2D eigenvalue weighted by Gasteiger charge is 2.26. The van der Waals surface area contributed by atoms with Gasteiger partial charge in [0.2, 0.25) is 0 Å². The quantitative estimate of drug-likeness (QED) is 0.890. The molecule has 1 aromatic carbocycles. The van der Waals surface area contributed by atoms with Crippen LogP contribution in [-0.4, -0.2) is 33.9 Å². The predicted octanol–water partition coefficient (Wildman–Crippen LogP) is 2.47. The minimum atomic E-state index is -0.574. The Kier molecular flexibility index (Phi) is 3.83. The number of aromatic nitrogens is 1. The van der Waals surface area contributed by atoms with E-state index in [2.05, 4.69) is 16.0 Å². The third-order valence-electron chi connectivity index (χ3n) is 4.39. The van der Waals surface area contributed by atoms with Crippen molar-refractivity contribution >= 4 is 16.6 Å². The summed E-state index contributed by atoms with van der Waals surface area (Å²) in [5, 5.41) is 21.8. The number of rotatable bonds is 2. The Balaban J connectivity index is 2.01. The van der Waals surface area contributed by atoms with Gasteiger partial charge in [0.1, 0.15) is 5.82 Å². The molecule has 112 valence electrons. The molecule has 0 bridgehead atoms. The van der Waals surface area contributed by atoms with Gasteiger partial charge in [0.25, 0.3) is 0 Å². The Hall–Kier alpha value is -1.65. The molecule has 1 saturated heterocycles. The molecule has 2 aromatic rings. The second-order valence-electron chi connectivity index (χ2n) is 6.15. The molecule has 1 aliphatic rings. The second-order valence-corrected chi connectivity index (χ2v) is 6.15. The van der Waals surface area contributed by atoms with Crippen LogP contribution >= 0.6 is 0 Å². The number of nitrogens with zero attached hydrogens (tertiary/aromatic N) is 2. The normalized spacial score (nSPS) is 23.3. The zero-order chi connectivity index (χ0) is 14.9. The van der Waals surface area contributed by atoms with Gasteiger partial charge in [-0.3, -0.25) is 0 Å². The van der Waals surface area contributed by atoms with Crippen molar-refractivity contribution in [3.63, 3.8) is 0 Å². The molecule has 21 heavy (non-hydrogen) atoms. The number of aliphatic hydroxyl groups excluding tert-OH is 1. The summed E-state index contributed by atoms with van der Waals surface area (Å²) in [6.45, 7) is 3.63. The van der Waals surface area contributed by atoms with E-state index in [-0.39, 0.29) is 6.61 Å². The van der Waals surface area contributed by atoms with Crippen molar-refractivity contribution in [3.05, 3.63) is 36.0 Å². The summed E-state index contributed by atoms with van der Waals surface area (Å²) in [6, 6.07) is 8.07. The van der Waals surface area contributed by atoms with E-state index < -0.39 is 5.60 Å². The maximum Gasteiger partial charge on any atom is 0.136 e. The van der Waals surface area contributed by atoms with Crippen molar-refractivity contribution in [2.24, 2.45) is 0 Å². The van der Waals surface area contributed by atoms with E-state index in [9.17, 15) is 10.2 Å². The topological polar surface area (TPSA) is 56.6 Å². The zero-order valence-corrected chi connectivity index (χ0v) is 12.4. The van der Waals surface area contributed by atoms with Crippen LogP contribution in [0.2, 0.25) is 0 Å². The molecule has 3 rings (SSSR count). The summed E-state index contributed by atoms with van der Waals surface area (Å²) in [5.74, 6) is 0.959. The molecule has 1 unspecified atom stereocenters. The first-order chi connectivity index (χ1) is 10.1. The minimum absolute atomic E-state index is 0.00248. The minimum Gasteiger partial charge on any atom is -0.392 e. The van der Waals surface area contributed by atoms with Gasteiger partial charge in [-0.25, -0.2) is 4.98 Å². The Morgan fingerprint density at radius 1 is 1.19 bits per heavy atom. The van der Waals surface area contributed by atoms with Gasteiger partial charge in [-0.1, -0.05) is 24.3 Å². The number of anilines is 1. The largest absolute Gasteiger partial charge is 0.392 e. The molecule has 0 spiro atoms. The molecule has 0 radical (unpaired) electrons. The van der Waals surface area contributed by atoms with Crippen LogP contribution in [0.25, 0.3) is 10.8 Å². The van der Waals surface area contributed by atoms with Gasteiger partial charge in [0.15, 0.2) is 0 Å². The van der Waals surface area contributed by atoms with Crippen molar-refractivity contribution in [1.82, 2.24) is 4.98 Å². The lowest BCUT2D eigenvalue weighted by Gasteiger charge is -2.25. The summed E-state index contributed by atoms with van der Waals surface area (Å²) in [6.07, 6.45) is 4.31. The van der Waals surface area contributed by atoms with Gasteiger partial charge < -0.3 is 15.1 Å². The lowest BCUT2D eigenvalue weighted by atomic mass is 9.98. The standard InChI is InChI=1S/C17H22N2O2/c1-17(21)7-4-9-19(10-8-17)16-15-6-3-2-5-14(15)13(12-20)11-18-16/h2-3,5-6,11,20-21H,4,7-10,12H2,1H3. The second kappa shape index (κ2) is 5.62. The lowest BCUT2D eigenvalue weighted by molar-refractivity contribution is 0.0481. The van der Waals surface area contributed by atoms with Gasteiger partial charge in [0.05, 0.1) is 12.2 Å². The zero-order valence-electron chi connectivity index (χ0n) is 12.4. The highest BCUT2D eigenvalue weighted by atomic mass is 16.3. The smallest absolute Gasteiger partial charge is 0.136 e. The van der Waals surface area contributed by atoms with Crippen molar-refractivity contribution in [2.45, 2.75) is 38.4 Å². The van der Waals surface area contributed by atoms with Crippen molar-refractivity contribution in [1.29, 1.82) is 0 Å². The maximum atomic E-state index is 10.2. The average molecular weight is 286 g/mol. The molecule has 1 aliphatic heterocycles. The van der Waals surface area contributed by atoms with E-state index in [0.717, 1.165) is 54.5 Å². The van der Waals surface area contributed by atoms with Crippen LogP contribution in [0.3, 0.4) is 0 Å². The summed E-state index contributed by atoms with van der Waals surface area (Å²) in [7, 11) is 0. The molecule has 2 heterocycles. The van der Waals surface area contributed by atoms with Crippen LogP contribution in [-0.2, 0) is 6.61 Å². The van der Waals surface area contributed by atoms with Gasteiger partial charge in [0, 0.05) is 30.2 Å². The van der Waals surface area contributed by atoms with E-state index in [0.29, 0.717) is 0 Å². The molecule has 4 heteroatoms. The molecule has 1 aromatic heterocycles. The molecule has 1 atom stereocenters. The summed E-state index contributed by atoms with van der Waals surface area (Å²) in [4.78, 5) is 6.83. The van der Waals surface area contributed by atoms with Gasteiger partial charge in [-0.2, -0.15) is 0 Å². The SMILES string of the molecule is CC1(O)CCCN(c2ncc(CO)c3ccccc23)CC1. The number of fused-ring (bicyclic) bond motifs is 1. The molecule has 0 aliphatic carbocycles. The fraction of sp³-hybridized carbons (Fsp3) is 0.471. The van der Waals surface area contributed by atoms with Gasteiger partial charge >= 0.3 is 0 Å². The number of hydrogen-bond acceptors (Lipinski definition) is 4. The summed E-state index contributed by atoms with van der Waals surface area (Å²) < 4.78 is 0. The Morgan fingerprint density at radius 2 is 1.95 bits per heavy atom. The molecular weight excluding hydrogens is 264 g/mol. The summed E-state index contributed by atoms with van der Waals surface area (Å²) >= 11 is 0. The third-order valence-corrected chi connectivity index (χ3v) is 4.39. The number of hydrogen-bond donors (Lipinski definition) is 2. The molecule has 4 nitrogen and oxygen atoms in total. The number of aliphatic hydroxyl groups is 2. The Bertz CT molecular complexity index is 640. The highest BCUT2D eigenvalue weighted by molar-refractivity contribution is 5.94. The average Bonchev–Trinajstić information content (AvgIpc) is 2.67. The summed E-state index contributed by atoms with van der Waals surface area (Å²) in [5.41, 5.74) is 0.284. The molecule has 1 fully saturated rings. The fourth-order valence-electron chi connectivity index (χ4n) is 3.09. The van der Waals surface area contributed by atoms with Crippen LogP contribution in [0, 0.1) is 0 Å². The Labute approximate surface area is 125 Å². The number of pyridine rings is 1.